The molecule has 172 valence electrons. The number of hydrogen-bond acceptors (Lipinski definition) is 4. The first-order chi connectivity index (χ1) is 16.7. The topological polar surface area (TPSA) is 54.5 Å². The Labute approximate surface area is 200 Å². The SMILES string of the molecule is COc1cccc(-c2ccccc2NC(=O)C2CCN(Cc3cccc4ncccc34)CC2)c1. The van der Waals surface area contributed by atoms with Crippen molar-refractivity contribution in [2.75, 3.05) is 25.5 Å². The van der Waals surface area contributed by atoms with Gasteiger partial charge in [-0.25, -0.2) is 0 Å². The fourth-order valence-corrected chi connectivity index (χ4v) is 4.77. The fraction of sp³-hybridized carbons (Fsp3) is 0.241. The molecule has 4 aromatic rings. The molecule has 5 rings (SSSR count). The summed E-state index contributed by atoms with van der Waals surface area (Å²) in [6, 6.07) is 26.3. The minimum atomic E-state index is 0.0174. The predicted molar refractivity (Wildman–Crippen MR) is 137 cm³/mol. The first kappa shape index (κ1) is 22.1. The number of piperidine rings is 1. The van der Waals surface area contributed by atoms with Crippen LogP contribution in [0.5, 0.6) is 5.75 Å². The number of nitrogens with zero attached hydrogens (tertiary/aromatic N) is 2. The normalized spacial score (nSPS) is 14.7. The van der Waals surface area contributed by atoms with Gasteiger partial charge in [0.2, 0.25) is 5.91 Å². The average Bonchev–Trinajstić information content (AvgIpc) is 2.89. The molecule has 34 heavy (non-hydrogen) atoms. The zero-order valence-electron chi connectivity index (χ0n) is 19.4. The van der Waals surface area contributed by atoms with Crippen LogP contribution >= 0.6 is 0 Å². The van der Waals surface area contributed by atoms with E-state index in [1.165, 1.54) is 10.9 Å². The summed E-state index contributed by atoms with van der Waals surface area (Å²) in [7, 11) is 1.66. The average molecular weight is 452 g/mol. The van der Waals surface area contributed by atoms with Crippen molar-refractivity contribution in [3.8, 4) is 16.9 Å². The summed E-state index contributed by atoms with van der Waals surface area (Å²) in [6.07, 6.45) is 3.55. The van der Waals surface area contributed by atoms with E-state index in [9.17, 15) is 4.79 Å². The van der Waals surface area contributed by atoms with E-state index in [-0.39, 0.29) is 11.8 Å². The molecule has 2 heterocycles. The van der Waals surface area contributed by atoms with Gasteiger partial charge in [0.25, 0.3) is 0 Å². The van der Waals surface area contributed by atoms with Crippen molar-refractivity contribution in [1.82, 2.24) is 9.88 Å². The number of fused-ring (bicyclic) bond motifs is 1. The van der Waals surface area contributed by atoms with E-state index in [1.807, 2.05) is 60.8 Å². The van der Waals surface area contributed by atoms with Crippen molar-refractivity contribution in [1.29, 1.82) is 0 Å². The molecule has 5 heteroatoms. The van der Waals surface area contributed by atoms with Gasteiger partial charge in [0.1, 0.15) is 5.75 Å². The highest BCUT2D eigenvalue weighted by Gasteiger charge is 2.26. The van der Waals surface area contributed by atoms with E-state index < -0.39 is 0 Å². The van der Waals surface area contributed by atoms with Crippen LogP contribution in [0, 0.1) is 5.92 Å². The Kier molecular flexibility index (Phi) is 6.54. The predicted octanol–water partition coefficient (Wildman–Crippen LogP) is 5.76. The zero-order valence-corrected chi connectivity index (χ0v) is 19.4. The molecule has 3 aromatic carbocycles. The lowest BCUT2D eigenvalue weighted by Crippen LogP contribution is -2.37. The molecule has 1 aliphatic heterocycles. The molecule has 0 saturated carbocycles. The summed E-state index contributed by atoms with van der Waals surface area (Å²) in [6.45, 7) is 2.70. The Morgan fingerprint density at radius 3 is 2.68 bits per heavy atom. The smallest absolute Gasteiger partial charge is 0.227 e. The standard InChI is InChI=1S/C29H29N3O2/c1-34-24-9-4-7-22(19-24)25-10-2-3-12-28(25)31-29(33)21-14-17-32(18-15-21)20-23-8-5-13-27-26(23)11-6-16-30-27/h2-13,16,19,21H,14-15,17-18,20H2,1H3,(H,31,33). The molecule has 0 atom stereocenters. The monoisotopic (exact) mass is 451 g/mol. The Balaban J connectivity index is 1.23. The Morgan fingerprint density at radius 2 is 1.82 bits per heavy atom. The van der Waals surface area contributed by atoms with Crippen LogP contribution in [-0.2, 0) is 11.3 Å². The molecule has 0 spiro atoms. The van der Waals surface area contributed by atoms with Gasteiger partial charge in [-0.2, -0.15) is 0 Å². The third kappa shape index (κ3) is 4.80. The van der Waals surface area contributed by atoms with Crippen molar-refractivity contribution in [2.24, 2.45) is 5.92 Å². The summed E-state index contributed by atoms with van der Waals surface area (Å²) in [5.74, 6) is 0.918. The van der Waals surface area contributed by atoms with Gasteiger partial charge in [0.05, 0.1) is 12.6 Å². The molecular formula is C29H29N3O2. The van der Waals surface area contributed by atoms with Gasteiger partial charge >= 0.3 is 0 Å². The van der Waals surface area contributed by atoms with Gasteiger partial charge in [-0.1, -0.05) is 48.5 Å². The van der Waals surface area contributed by atoms with Crippen LogP contribution in [0.1, 0.15) is 18.4 Å². The van der Waals surface area contributed by atoms with E-state index >= 15 is 0 Å². The molecule has 1 amide bonds. The number of carbonyl (C=O) groups is 1. The molecule has 0 unspecified atom stereocenters. The third-order valence-electron chi connectivity index (χ3n) is 6.65. The van der Waals surface area contributed by atoms with Gasteiger partial charge in [-0.05, 0) is 67.4 Å². The molecular weight excluding hydrogens is 422 g/mol. The van der Waals surface area contributed by atoms with Gasteiger partial charge in [-0.3, -0.25) is 14.7 Å². The molecule has 1 fully saturated rings. The van der Waals surface area contributed by atoms with Gasteiger partial charge in [-0.15, -0.1) is 0 Å². The number of pyridine rings is 1. The lowest BCUT2D eigenvalue weighted by molar-refractivity contribution is -0.121. The minimum absolute atomic E-state index is 0.0174. The van der Waals surface area contributed by atoms with Crippen LogP contribution in [0.2, 0.25) is 0 Å². The number of hydrogen-bond donors (Lipinski definition) is 1. The minimum Gasteiger partial charge on any atom is -0.497 e. The highest BCUT2D eigenvalue weighted by Crippen LogP contribution is 2.31. The summed E-state index contributed by atoms with van der Waals surface area (Å²) < 4.78 is 5.37. The highest BCUT2D eigenvalue weighted by atomic mass is 16.5. The zero-order chi connectivity index (χ0) is 23.3. The summed E-state index contributed by atoms with van der Waals surface area (Å²) in [4.78, 5) is 20.1. The largest absolute Gasteiger partial charge is 0.497 e. The molecule has 0 radical (unpaired) electrons. The van der Waals surface area contributed by atoms with Crippen molar-refractivity contribution >= 4 is 22.5 Å². The Morgan fingerprint density at radius 1 is 1.00 bits per heavy atom. The van der Waals surface area contributed by atoms with Crippen molar-refractivity contribution in [2.45, 2.75) is 19.4 Å². The second-order valence-electron chi connectivity index (χ2n) is 8.80. The van der Waals surface area contributed by atoms with E-state index in [0.717, 1.165) is 60.6 Å². The number of nitrogens with one attached hydrogen (secondary N) is 1. The summed E-state index contributed by atoms with van der Waals surface area (Å²) in [5.41, 5.74) is 5.18. The van der Waals surface area contributed by atoms with Crippen LogP contribution in [-0.4, -0.2) is 36.0 Å². The number of methoxy groups -OCH3 is 1. The number of benzene rings is 3. The summed E-state index contributed by atoms with van der Waals surface area (Å²) >= 11 is 0. The fourth-order valence-electron chi connectivity index (χ4n) is 4.77. The molecule has 0 bridgehead atoms. The van der Waals surface area contributed by atoms with E-state index in [2.05, 4.69) is 39.5 Å². The Hall–Kier alpha value is -3.70. The summed E-state index contributed by atoms with van der Waals surface area (Å²) in [5, 5.41) is 4.41. The van der Waals surface area contributed by atoms with Crippen LogP contribution in [0.3, 0.4) is 0 Å². The maximum absolute atomic E-state index is 13.2. The molecule has 0 aliphatic carbocycles. The number of aromatic nitrogens is 1. The molecule has 5 nitrogen and oxygen atoms in total. The van der Waals surface area contributed by atoms with Crippen LogP contribution in [0.4, 0.5) is 5.69 Å². The number of para-hydroxylation sites is 1. The van der Waals surface area contributed by atoms with Crippen molar-refractivity contribution in [3.05, 3.63) is 90.6 Å². The van der Waals surface area contributed by atoms with Crippen LogP contribution in [0.25, 0.3) is 22.0 Å². The maximum atomic E-state index is 13.2. The third-order valence-corrected chi connectivity index (χ3v) is 6.65. The number of anilines is 1. The van der Waals surface area contributed by atoms with Crippen LogP contribution in [0.15, 0.2) is 85.1 Å². The van der Waals surface area contributed by atoms with Crippen molar-refractivity contribution < 1.29 is 9.53 Å². The van der Waals surface area contributed by atoms with Gasteiger partial charge in [0.15, 0.2) is 0 Å². The van der Waals surface area contributed by atoms with E-state index in [0.29, 0.717) is 0 Å². The molecule has 1 N–H and O–H groups in total. The second kappa shape index (κ2) is 10.1. The Bertz CT molecular complexity index is 1290. The lowest BCUT2D eigenvalue weighted by Gasteiger charge is -2.31. The van der Waals surface area contributed by atoms with Gasteiger partial charge < -0.3 is 10.1 Å². The van der Waals surface area contributed by atoms with Crippen molar-refractivity contribution in [3.63, 3.8) is 0 Å². The first-order valence-electron chi connectivity index (χ1n) is 11.8. The number of rotatable bonds is 6. The van der Waals surface area contributed by atoms with E-state index in [4.69, 9.17) is 4.74 Å². The quantitative estimate of drug-likeness (QED) is 0.405. The number of likely N-dealkylation sites (tertiary alicyclic amines) is 1. The second-order valence-corrected chi connectivity index (χ2v) is 8.80. The molecule has 1 aromatic heterocycles. The number of amides is 1. The van der Waals surface area contributed by atoms with Crippen LogP contribution < -0.4 is 10.1 Å². The highest BCUT2D eigenvalue weighted by molar-refractivity contribution is 5.97. The maximum Gasteiger partial charge on any atom is 0.227 e. The number of carbonyl (C=O) groups excluding carboxylic acids is 1. The lowest BCUT2D eigenvalue weighted by atomic mass is 9.94. The van der Waals surface area contributed by atoms with Gasteiger partial charge in [0, 0.05) is 35.3 Å². The molecule has 1 aliphatic rings. The first-order valence-corrected chi connectivity index (χ1v) is 11.8. The molecule has 1 saturated heterocycles. The number of ether oxygens (including phenoxy) is 1. The van der Waals surface area contributed by atoms with E-state index in [1.54, 1.807) is 7.11 Å².